The molecule has 0 saturated heterocycles. The van der Waals surface area contributed by atoms with Crippen LogP contribution < -0.4 is 5.32 Å². The first kappa shape index (κ1) is 16.3. The number of rotatable bonds is 7. The number of hydrogen-bond acceptors (Lipinski definition) is 5. The van der Waals surface area contributed by atoms with Crippen LogP contribution in [0.4, 0.5) is 5.13 Å². The van der Waals surface area contributed by atoms with Crippen LogP contribution in [0, 0.1) is 0 Å². The summed E-state index contributed by atoms with van der Waals surface area (Å²) in [4.78, 5) is 20.4. The molecule has 0 atom stereocenters. The van der Waals surface area contributed by atoms with Gasteiger partial charge in [-0.05, 0) is 17.7 Å². The first-order chi connectivity index (χ1) is 11.8. The number of amides is 1. The van der Waals surface area contributed by atoms with Crippen LogP contribution in [0.3, 0.4) is 0 Å². The summed E-state index contributed by atoms with van der Waals surface area (Å²) in [6, 6.07) is 13.7. The number of thiazole rings is 1. The first-order valence-electron chi connectivity index (χ1n) is 7.59. The number of pyridine rings is 1. The second kappa shape index (κ2) is 8.33. The minimum atomic E-state index is -0.102. The van der Waals surface area contributed by atoms with Crippen molar-refractivity contribution in [3.05, 3.63) is 65.8 Å². The van der Waals surface area contributed by atoms with Gasteiger partial charge in [0.25, 0.3) is 0 Å². The highest BCUT2D eigenvalue weighted by Gasteiger charge is 2.08. The molecular formula is C18H17N3O2S. The zero-order chi connectivity index (χ0) is 16.6. The van der Waals surface area contributed by atoms with Crippen molar-refractivity contribution >= 4 is 22.4 Å². The molecule has 2 aromatic heterocycles. The van der Waals surface area contributed by atoms with E-state index >= 15 is 0 Å². The molecular weight excluding hydrogens is 322 g/mol. The van der Waals surface area contributed by atoms with E-state index < -0.39 is 0 Å². The molecule has 0 spiro atoms. The van der Waals surface area contributed by atoms with Gasteiger partial charge in [0.15, 0.2) is 5.13 Å². The van der Waals surface area contributed by atoms with E-state index in [4.69, 9.17) is 4.74 Å². The van der Waals surface area contributed by atoms with E-state index in [0.29, 0.717) is 24.8 Å². The third-order valence-corrected chi connectivity index (χ3v) is 4.05. The highest BCUT2D eigenvalue weighted by Crippen LogP contribution is 2.24. The number of carbonyl (C=O) groups excluding carboxylic acids is 1. The van der Waals surface area contributed by atoms with Gasteiger partial charge in [0.2, 0.25) is 5.91 Å². The lowest BCUT2D eigenvalue weighted by Crippen LogP contribution is -2.14. The van der Waals surface area contributed by atoms with Crippen molar-refractivity contribution in [3.8, 4) is 11.3 Å². The van der Waals surface area contributed by atoms with E-state index in [1.165, 1.54) is 11.3 Å². The molecule has 6 heteroatoms. The molecule has 0 aliphatic carbocycles. The summed E-state index contributed by atoms with van der Waals surface area (Å²) in [5.74, 6) is -0.102. The number of ether oxygens (including phenoxy) is 1. The van der Waals surface area contributed by atoms with Crippen molar-refractivity contribution in [2.24, 2.45) is 0 Å². The van der Waals surface area contributed by atoms with Crippen LogP contribution in [-0.4, -0.2) is 22.5 Å². The smallest absolute Gasteiger partial charge is 0.228 e. The normalized spacial score (nSPS) is 10.5. The molecule has 0 radical (unpaired) electrons. The fourth-order valence-electron chi connectivity index (χ4n) is 2.09. The SMILES string of the molecule is O=C(CCOCc1ccccc1)Nc1nc(-c2cccnc2)cs1. The number of hydrogen-bond donors (Lipinski definition) is 1. The molecule has 0 aliphatic rings. The molecule has 0 bridgehead atoms. The van der Waals surface area contributed by atoms with Gasteiger partial charge in [-0.3, -0.25) is 9.78 Å². The molecule has 3 aromatic rings. The molecule has 1 aromatic carbocycles. The molecule has 3 rings (SSSR count). The average Bonchev–Trinajstić information content (AvgIpc) is 3.09. The molecule has 5 nitrogen and oxygen atoms in total. The molecule has 1 N–H and O–H groups in total. The van der Waals surface area contributed by atoms with Gasteiger partial charge in [0, 0.05) is 23.3 Å². The number of carbonyl (C=O) groups is 1. The number of benzene rings is 1. The molecule has 0 unspecified atom stereocenters. The van der Waals surface area contributed by atoms with Crippen LogP contribution in [0.1, 0.15) is 12.0 Å². The Balaban J connectivity index is 1.43. The third kappa shape index (κ3) is 4.71. The Morgan fingerprint density at radius 2 is 2.04 bits per heavy atom. The predicted molar refractivity (Wildman–Crippen MR) is 94.7 cm³/mol. The number of nitrogens with one attached hydrogen (secondary N) is 1. The highest BCUT2D eigenvalue weighted by molar-refractivity contribution is 7.14. The molecule has 1 amide bonds. The lowest BCUT2D eigenvalue weighted by Gasteiger charge is -2.04. The highest BCUT2D eigenvalue weighted by atomic mass is 32.1. The van der Waals surface area contributed by atoms with Crippen LogP contribution in [0.15, 0.2) is 60.2 Å². The maximum absolute atomic E-state index is 11.9. The van der Waals surface area contributed by atoms with E-state index in [2.05, 4.69) is 15.3 Å². The van der Waals surface area contributed by atoms with Gasteiger partial charge in [0.1, 0.15) is 0 Å². The maximum atomic E-state index is 11.9. The fraction of sp³-hybridized carbons (Fsp3) is 0.167. The van der Waals surface area contributed by atoms with Gasteiger partial charge >= 0.3 is 0 Å². The van der Waals surface area contributed by atoms with Crippen LogP contribution in [-0.2, 0) is 16.1 Å². The Morgan fingerprint density at radius 1 is 1.17 bits per heavy atom. The fourth-order valence-corrected chi connectivity index (χ4v) is 2.82. The van der Waals surface area contributed by atoms with E-state index in [0.717, 1.165) is 16.8 Å². The lowest BCUT2D eigenvalue weighted by molar-refractivity contribution is -0.117. The summed E-state index contributed by atoms with van der Waals surface area (Å²) >= 11 is 1.40. The number of nitrogens with zero attached hydrogens (tertiary/aromatic N) is 2. The second-order valence-corrected chi connectivity index (χ2v) is 5.97. The molecule has 24 heavy (non-hydrogen) atoms. The van der Waals surface area contributed by atoms with Gasteiger partial charge < -0.3 is 10.1 Å². The van der Waals surface area contributed by atoms with Crippen molar-refractivity contribution in [2.75, 3.05) is 11.9 Å². The Bertz CT molecular complexity index is 775. The quantitative estimate of drug-likeness (QED) is 0.666. The van der Waals surface area contributed by atoms with Gasteiger partial charge in [-0.15, -0.1) is 11.3 Å². The summed E-state index contributed by atoms with van der Waals surface area (Å²) in [5.41, 5.74) is 2.84. The number of aromatic nitrogens is 2. The summed E-state index contributed by atoms with van der Waals surface area (Å²) < 4.78 is 5.52. The summed E-state index contributed by atoms with van der Waals surface area (Å²) in [7, 11) is 0. The lowest BCUT2D eigenvalue weighted by atomic mass is 10.2. The largest absolute Gasteiger partial charge is 0.376 e. The zero-order valence-corrected chi connectivity index (χ0v) is 13.8. The van der Waals surface area contributed by atoms with E-state index in [1.807, 2.05) is 47.8 Å². The average molecular weight is 339 g/mol. The standard InChI is InChI=1S/C18H17N3O2S/c22-17(8-10-23-12-14-5-2-1-3-6-14)21-18-20-16(13-24-18)15-7-4-9-19-11-15/h1-7,9,11,13H,8,10,12H2,(H,20,21,22). The van der Waals surface area contributed by atoms with Gasteiger partial charge in [-0.25, -0.2) is 4.98 Å². The van der Waals surface area contributed by atoms with Crippen LogP contribution in [0.5, 0.6) is 0 Å². The Kier molecular flexibility index (Phi) is 5.65. The van der Waals surface area contributed by atoms with Gasteiger partial charge in [-0.2, -0.15) is 0 Å². The van der Waals surface area contributed by atoms with Crippen molar-refractivity contribution in [1.29, 1.82) is 0 Å². The second-order valence-electron chi connectivity index (χ2n) is 5.12. The topological polar surface area (TPSA) is 64.1 Å². The molecule has 0 saturated carbocycles. The maximum Gasteiger partial charge on any atom is 0.228 e. The van der Waals surface area contributed by atoms with Crippen molar-refractivity contribution in [3.63, 3.8) is 0 Å². The summed E-state index contributed by atoms with van der Waals surface area (Å²) in [6.45, 7) is 0.887. The van der Waals surface area contributed by atoms with Crippen molar-refractivity contribution < 1.29 is 9.53 Å². The van der Waals surface area contributed by atoms with Crippen LogP contribution in [0.2, 0.25) is 0 Å². The molecule has 122 valence electrons. The van der Waals surface area contributed by atoms with Gasteiger partial charge in [0.05, 0.1) is 25.3 Å². The zero-order valence-electron chi connectivity index (χ0n) is 13.0. The van der Waals surface area contributed by atoms with Crippen molar-refractivity contribution in [2.45, 2.75) is 13.0 Å². The minimum absolute atomic E-state index is 0.102. The number of anilines is 1. The minimum Gasteiger partial charge on any atom is -0.376 e. The summed E-state index contributed by atoms with van der Waals surface area (Å²) in [6.07, 6.45) is 3.76. The van der Waals surface area contributed by atoms with E-state index in [1.54, 1.807) is 12.4 Å². The Hall–Kier alpha value is -2.57. The molecule has 0 fully saturated rings. The predicted octanol–water partition coefficient (Wildman–Crippen LogP) is 3.75. The first-order valence-corrected chi connectivity index (χ1v) is 8.47. The third-order valence-electron chi connectivity index (χ3n) is 3.29. The van der Waals surface area contributed by atoms with Crippen LogP contribution in [0.25, 0.3) is 11.3 Å². The van der Waals surface area contributed by atoms with Crippen LogP contribution >= 0.6 is 11.3 Å². The van der Waals surface area contributed by atoms with E-state index in [-0.39, 0.29) is 5.91 Å². The Labute approximate surface area is 144 Å². The Morgan fingerprint density at radius 3 is 2.83 bits per heavy atom. The van der Waals surface area contributed by atoms with E-state index in [9.17, 15) is 4.79 Å². The summed E-state index contributed by atoms with van der Waals surface area (Å²) in [5, 5.41) is 5.29. The molecule has 2 heterocycles. The van der Waals surface area contributed by atoms with Crippen molar-refractivity contribution in [1.82, 2.24) is 9.97 Å². The van der Waals surface area contributed by atoms with Gasteiger partial charge in [-0.1, -0.05) is 30.3 Å². The monoisotopic (exact) mass is 339 g/mol. The molecule has 0 aliphatic heterocycles.